The summed E-state index contributed by atoms with van der Waals surface area (Å²) in [5, 5.41) is 28.6. The quantitative estimate of drug-likeness (QED) is 0.660. The van der Waals surface area contributed by atoms with Crippen LogP contribution in [-0.2, 0) is 0 Å². The van der Waals surface area contributed by atoms with Crippen molar-refractivity contribution in [2.75, 3.05) is 0 Å². The Balaban J connectivity index is 2.65. The topological polar surface area (TPSA) is 60.7 Å². The van der Waals surface area contributed by atoms with Crippen molar-refractivity contribution < 1.29 is 15.3 Å². The highest BCUT2D eigenvalue weighted by molar-refractivity contribution is 5.77. The monoisotopic (exact) mass is 230 g/mol. The molecule has 0 aliphatic heterocycles. The lowest BCUT2D eigenvalue weighted by Gasteiger charge is -2.10. The molecule has 2 aromatic carbocycles. The Morgan fingerprint density at radius 3 is 2.06 bits per heavy atom. The molecule has 0 atom stereocenters. The lowest BCUT2D eigenvalue weighted by atomic mass is 9.97. The minimum Gasteiger partial charge on any atom is -0.504 e. The molecule has 0 saturated carbocycles. The van der Waals surface area contributed by atoms with Crippen LogP contribution in [0.15, 0.2) is 30.3 Å². The van der Waals surface area contributed by atoms with Gasteiger partial charge in [-0.15, -0.1) is 0 Å². The maximum atomic E-state index is 9.82. The van der Waals surface area contributed by atoms with Crippen molar-refractivity contribution in [3.63, 3.8) is 0 Å². The smallest absolute Gasteiger partial charge is 0.200 e. The molecule has 3 N–H and O–H groups in total. The highest BCUT2D eigenvalue weighted by Crippen LogP contribution is 2.42. The zero-order valence-electron chi connectivity index (χ0n) is 9.73. The Morgan fingerprint density at radius 1 is 0.765 bits per heavy atom. The fraction of sp³-hybridized carbons (Fsp3) is 0.143. The van der Waals surface area contributed by atoms with E-state index in [-0.39, 0.29) is 11.5 Å². The molecule has 0 aromatic heterocycles. The first-order valence-electron chi connectivity index (χ1n) is 5.32. The average Bonchev–Trinajstić information content (AvgIpc) is 2.28. The summed E-state index contributed by atoms with van der Waals surface area (Å²) in [5.74, 6) is -1.10. The third-order valence-corrected chi connectivity index (χ3v) is 2.80. The molecule has 3 heteroatoms. The number of hydrogen-bond donors (Lipinski definition) is 3. The predicted octanol–water partition coefficient (Wildman–Crippen LogP) is 3.09. The van der Waals surface area contributed by atoms with Crippen LogP contribution in [0.3, 0.4) is 0 Å². The molecule has 0 amide bonds. The SMILES string of the molecule is Cc1ccc(-c2ccc(O)c(O)c2O)c(C)c1. The zero-order chi connectivity index (χ0) is 12.6. The van der Waals surface area contributed by atoms with E-state index in [1.165, 1.54) is 6.07 Å². The summed E-state index contributed by atoms with van der Waals surface area (Å²) in [6.07, 6.45) is 0. The Morgan fingerprint density at radius 2 is 1.41 bits per heavy atom. The maximum Gasteiger partial charge on any atom is 0.200 e. The largest absolute Gasteiger partial charge is 0.504 e. The van der Waals surface area contributed by atoms with Gasteiger partial charge >= 0.3 is 0 Å². The summed E-state index contributed by atoms with van der Waals surface area (Å²) < 4.78 is 0. The van der Waals surface area contributed by atoms with E-state index in [1.807, 2.05) is 32.0 Å². The lowest BCUT2D eigenvalue weighted by molar-refractivity contribution is 0.369. The van der Waals surface area contributed by atoms with Gasteiger partial charge in [0.05, 0.1) is 0 Å². The molecule has 0 saturated heterocycles. The van der Waals surface area contributed by atoms with E-state index in [2.05, 4.69) is 0 Å². The molecule has 0 heterocycles. The number of hydrogen-bond acceptors (Lipinski definition) is 3. The number of aryl methyl sites for hydroxylation is 2. The van der Waals surface area contributed by atoms with Gasteiger partial charge < -0.3 is 15.3 Å². The highest BCUT2D eigenvalue weighted by atomic mass is 16.3. The van der Waals surface area contributed by atoms with Gasteiger partial charge in [-0.3, -0.25) is 0 Å². The van der Waals surface area contributed by atoms with Crippen LogP contribution in [0.4, 0.5) is 0 Å². The van der Waals surface area contributed by atoms with Crippen molar-refractivity contribution in [3.8, 4) is 28.4 Å². The fourth-order valence-corrected chi connectivity index (χ4v) is 1.90. The van der Waals surface area contributed by atoms with Crippen LogP contribution in [0.5, 0.6) is 17.2 Å². The molecular weight excluding hydrogens is 216 g/mol. The Kier molecular flexibility index (Phi) is 2.68. The maximum absolute atomic E-state index is 9.82. The van der Waals surface area contributed by atoms with Crippen LogP contribution >= 0.6 is 0 Å². The van der Waals surface area contributed by atoms with E-state index in [4.69, 9.17) is 0 Å². The molecule has 17 heavy (non-hydrogen) atoms. The van der Waals surface area contributed by atoms with Crippen molar-refractivity contribution in [2.45, 2.75) is 13.8 Å². The van der Waals surface area contributed by atoms with Crippen molar-refractivity contribution in [1.29, 1.82) is 0 Å². The Hall–Kier alpha value is -2.16. The fourth-order valence-electron chi connectivity index (χ4n) is 1.90. The van der Waals surface area contributed by atoms with E-state index in [9.17, 15) is 15.3 Å². The van der Waals surface area contributed by atoms with E-state index >= 15 is 0 Å². The molecule has 0 fully saturated rings. The van der Waals surface area contributed by atoms with Gasteiger partial charge in [0.25, 0.3) is 0 Å². The Bertz CT molecular complexity index is 574. The van der Waals surface area contributed by atoms with Gasteiger partial charge in [0.2, 0.25) is 5.75 Å². The summed E-state index contributed by atoms with van der Waals surface area (Å²) in [7, 11) is 0. The number of aromatic hydroxyl groups is 3. The number of rotatable bonds is 1. The summed E-state index contributed by atoms with van der Waals surface area (Å²) >= 11 is 0. The first kappa shape index (κ1) is 11.3. The lowest BCUT2D eigenvalue weighted by Crippen LogP contribution is -1.86. The van der Waals surface area contributed by atoms with Crippen molar-refractivity contribution >= 4 is 0 Å². The second kappa shape index (κ2) is 4.01. The number of benzene rings is 2. The van der Waals surface area contributed by atoms with Gasteiger partial charge in [0, 0.05) is 5.56 Å². The third kappa shape index (κ3) is 1.91. The second-order valence-corrected chi connectivity index (χ2v) is 4.15. The van der Waals surface area contributed by atoms with Gasteiger partial charge in [-0.25, -0.2) is 0 Å². The molecule has 0 spiro atoms. The molecule has 2 rings (SSSR count). The third-order valence-electron chi connectivity index (χ3n) is 2.80. The molecule has 2 aromatic rings. The zero-order valence-corrected chi connectivity index (χ0v) is 9.73. The molecular formula is C14H14O3. The minimum absolute atomic E-state index is 0.294. The van der Waals surface area contributed by atoms with E-state index in [0.29, 0.717) is 5.56 Å². The highest BCUT2D eigenvalue weighted by Gasteiger charge is 2.13. The van der Waals surface area contributed by atoms with E-state index in [0.717, 1.165) is 16.7 Å². The Labute approximate surface area is 99.6 Å². The first-order valence-corrected chi connectivity index (χ1v) is 5.32. The average molecular weight is 230 g/mol. The predicted molar refractivity (Wildman–Crippen MR) is 66.3 cm³/mol. The van der Waals surface area contributed by atoms with E-state index in [1.54, 1.807) is 6.07 Å². The van der Waals surface area contributed by atoms with Gasteiger partial charge in [-0.05, 0) is 37.1 Å². The molecule has 0 aliphatic rings. The minimum atomic E-state index is -0.484. The van der Waals surface area contributed by atoms with Crippen LogP contribution in [0, 0.1) is 13.8 Å². The first-order chi connectivity index (χ1) is 8.00. The molecule has 0 unspecified atom stereocenters. The second-order valence-electron chi connectivity index (χ2n) is 4.15. The van der Waals surface area contributed by atoms with Crippen LogP contribution in [0.2, 0.25) is 0 Å². The van der Waals surface area contributed by atoms with Crippen LogP contribution in [0.25, 0.3) is 11.1 Å². The van der Waals surface area contributed by atoms with Gasteiger partial charge in [0.1, 0.15) is 0 Å². The van der Waals surface area contributed by atoms with Crippen LogP contribution in [0.1, 0.15) is 11.1 Å². The molecule has 3 nitrogen and oxygen atoms in total. The normalized spacial score (nSPS) is 10.5. The van der Waals surface area contributed by atoms with Gasteiger partial charge in [0.15, 0.2) is 11.5 Å². The summed E-state index contributed by atoms with van der Waals surface area (Å²) in [6.45, 7) is 3.93. The van der Waals surface area contributed by atoms with Crippen molar-refractivity contribution in [2.24, 2.45) is 0 Å². The van der Waals surface area contributed by atoms with Crippen LogP contribution in [-0.4, -0.2) is 15.3 Å². The molecule has 0 bridgehead atoms. The number of phenolic OH excluding ortho intramolecular Hbond substituents is 3. The summed E-state index contributed by atoms with van der Waals surface area (Å²) in [6, 6.07) is 8.77. The molecule has 88 valence electrons. The van der Waals surface area contributed by atoms with Crippen molar-refractivity contribution in [3.05, 3.63) is 41.5 Å². The van der Waals surface area contributed by atoms with Crippen LogP contribution < -0.4 is 0 Å². The van der Waals surface area contributed by atoms with Gasteiger partial charge in [-0.2, -0.15) is 0 Å². The standard InChI is InChI=1S/C14H14O3/c1-8-3-4-10(9(2)7-8)11-5-6-12(15)14(17)13(11)16/h3-7,15-17H,1-2H3. The molecule has 0 radical (unpaired) electrons. The summed E-state index contributed by atoms with van der Waals surface area (Å²) in [5.41, 5.74) is 3.49. The van der Waals surface area contributed by atoms with Crippen molar-refractivity contribution in [1.82, 2.24) is 0 Å². The molecule has 0 aliphatic carbocycles. The summed E-state index contributed by atoms with van der Waals surface area (Å²) in [4.78, 5) is 0. The van der Waals surface area contributed by atoms with Gasteiger partial charge in [-0.1, -0.05) is 23.8 Å². The number of phenols is 3. The van der Waals surface area contributed by atoms with E-state index < -0.39 is 5.75 Å².